The molecule has 0 heterocycles. The molecule has 0 aliphatic heterocycles. The molecule has 2 N–H and O–H groups in total. The molecule has 0 fully saturated rings. The van der Waals surface area contributed by atoms with E-state index in [0.717, 1.165) is 6.42 Å². The molecule has 0 atom stereocenters. The Morgan fingerprint density at radius 1 is 1.50 bits per heavy atom. The lowest BCUT2D eigenvalue weighted by Gasteiger charge is -2.06. The van der Waals surface area contributed by atoms with Gasteiger partial charge < -0.3 is 5.73 Å². The van der Waals surface area contributed by atoms with Crippen molar-refractivity contribution >= 4 is 0 Å². The second-order valence-corrected chi connectivity index (χ2v) is 3.40. The van der Waals surface area contributed by atoms with Gasteiger partial charge in [0, 0.05) is 0 Å². The van der Waals surface area contributed by atoms with Crippen molar-refractivity contribution in [2.45, 2.75) is 33.1 Å². The van der Waals surface area contributed by atoms with Gasteiger partial charge in [0.1, 0.15) is 0 Å². The molecule has 1 aliphatic rings. The predicted octanol–water partition coefficient (Wildman–Crippen LogP) is 2.91. The molecule has 0 amide bonds. The highest BCUT2D eigenvalue weighted by molar-refractivity contribution is 5.43. The van der Waals surface area contributed by atoms with E-state index < -0.39 is 0 Å². The molecule has 0 saturated carbocycles. The summed E-state index contributed by atoms with van der Waals surface area (Å²) in [6.07, 6.45) is 9.69. The van der Waals surface area contributed by atoms with Gasteiger partial charge in [-0.25, -0.2) is 0 Å². The minimum absolute atomic E-state index is 1.12. The fourth-order valence-corrected chi connectivity index (χ4v) is 1.51. The van der Waals surface area contributed by atoms with E-state index in [0.29, 0.717) is 0 Å². The smallest absolute Gasteiger partial charge is 0.00237 e. The van der Waals surface area contributed by atoms with Gasteiger partial charge in [0.25, 0.3) is 0 Å². The largest absolute Gasteiger partial charge is 0.404 e. The lowest BCUT2D eigenvalue weighted by Crippen LogP contribution is -1.92. The maximum Gasteiger partial charge on any atom is -0.00237 e. The van der Waals surface area contributed by atoms with E-state index in [1.807, 2.05) is 0 Å². The predicted molar refractivity (Wildman–Crippen MR) is 53.6 cm³/mol. The van der Waals surface area contributed by atoms with Crippen molar-refractivity contribution in [3.8, 4) is 0 Å². The molecule has 1 nitrogen and oxygen atoms in total. The molecule has 66 valence electrons. The molecule has 0 aromatic rings. The Balaban J connectivity index is 3.00. The fourth-order valence-electron chi connectivity index (χ4n) is 1.51. The first kappa shape index (κ1) is 9.11. The Kier molecular flexibility index (Phi) is 3.15. The van der Waals surface area contributed by atoms with E-state index in [2.05, 4.69) is 26.0 Å². The van der Waals surface area contributed by atoms with Crippen molar-refractivity contribution in [2.75, 3.05) is 0 Å². The summed E-state index contributed by atoms with van der Waals surface area (Å²) in [6, 6.07) is 0. The quantitative estimate of drug-likeness (QED) is 0.584. The highest BCUT2D eigenvalue weighted by atomic mass is 14.5. The Morgan fingerprint density at radius 2 is 2.25 bits per heavy atom. The summed E-state index contributed by atoms with van der Waals surface area (Å²) in [7, 11) is 0. The van der Waals surface area contributed by atoms with Crippen molar-refractivity contribution in [2.24, 2.45) is 5.73 Å². The lowest BCUT2D eigenvalue weighted by atomic mass is 10.0. The van der Waals surface area contributed by atoms with Crippen LogP contribution in [0.3, 0.4) is 0 Å². The lowest BCUT2D eigenvalue weighted by molar-refractivity contribution is 0.850. The van der Waals surface area contributed by atoms with E-state index in [4.69, 9.17) is 5.73 Å². The Morgan fingerprint density at radius 3 is 2.83 bits per heavy atom. The van der Waals surface area contributed by atoms with E-state index in [1.54, 1.807) is 6.20 Å². The first-order valence-electron chi connectivity index (χ1n) is 4.51. The van der Waals surface area contributed by atoms with Crippen molar-refractivity contribution in [1.29, 1.82) is 0 Å². The molecule has 1 rings (SSSR count). The second kappa shape index (κ2) is 4.15. The Bertz CT molecular complexity index is 240. The summed E-state index contributed by atoms with van der Waals surface area (Å²) < 4.78 is 0. The Hall–Kier alpha value is -0.980. The van der Waals surface area contributed by atoms with Crippen molar-refractivity contribution in [3.63, 3.8) is 0 Å². The van der Waals surface area contributed by atoms with Gasteiger partial charge in [-0.2, -0.15) is 0 Å². The van der Waals surface area contributed by atoms with Gasteiger partial charge in [0.05, 0.1) is 0 Å². The number of rotatable bonds is 0. The molecule has 0 saturated heterocycles. The van der Waals surface area contributed by atoms with Crippen molar-refractivity contribution in [3.05, 3.63) is 35.1 Å². The van der Waals surface area contributed by atoms with Crippen LogP contribution in [0.2, 0.25) is 0 Å². The average Bonchev–Trinajstić information content (AvgIpc) is 2.27. The summed E-state index contributed by atoms with van der Waals surface area (Å²) in [5.41, 5.74) is 9.55. The topological polar surface area (TPSA) is 26.0 Å². The standard InChI is InChI=1S/C11H17N/c1-9(2)11-7-5-3-4-6-10(11)8-12/h5,7-8H,3-4,6,12H2,1-2H3/b10-8-. The number of hydrogen-bond donors (Lipinski definition) is 1. The third kappa shape index (κ3) is 2.00. The molecule has 0 spiro atoms. The monoisotopic (exact) mass is 163 g/mol. The van der Waals surface area contributed by atoms with Crippen LogP contribution < -0.4 is 5.73 Å². The molecule has 1 aliphatic carbocycles. The van der Waals surface area contributed by atoms with Crippen molar-refractivity contribution < 1.29 is 0 Å². The van der Waals surface area contributed by atoms with Gasteiger partial charge >= 0.3 is 0 Å². The molecule has 0 unspecified atom stereocenters. The van der Waals surface area contributed by atoms with Gasteiger partial charge in [-0.3, -0.25) is 0 Å². The maximum atomic E-state index is 5.57. The van der Waals surface area contributed by atoms with E-state index in [-0.39, 0.29) is 0 Å². The zero-order valence-electron chi connectivity index (χ0n) is 7.93. The highest BCUT2D eigenvalue weighted by Crippen LogP contribution is 2.24. The van der Waals surface area contributed by atoms with Crippen LogP contribution in [0.25, 0.3) is 0 Å². The SMILES string of the molecule is CC(C)=C1C=CCCC/C1=C/N. The minimum atomic E-state index is 1.12. The van der Waals surface area contributed by atoms with Crippen LogP contribution in [0, 0.1) is 0 Å². The minimum Gasteiger partial charge on any atom is -0.404 e. The summed E-state index contributed by atoms with van der Waals surface area (Å²) in [4.78, 5) is 0. The summed E-state index contributed by atoms with van der Waals surface area (Å²) in [5.74, 6) is 0. The molecule has 0 aromatic carbocycles. The zero-order valence-corrected chi connectivity index (χ0v) is 7.93. The van der Waals surface area contributed by atoms with E-state index in [1.165, 1.54) is 29.6 Å². The summed E-state index contributed by atoms with van der Waals surface area (Å²) in [5, 5.41) is 0. The van der Waals surface area contributed by atoms with Gasteiger partial charge in [-0.05, 0) is 50.5 Å². The van der Waals surface area contributed by atoms with Crippen LogP contribution in [0.4, 0.5) is 0 Å². The number of allylic oxidation sites excluding steroid dienone is 5. The normalized spacial score (nSPS) is 21.2. The average molecular weight is 163 g/mol. The number of hydrogen-bond acceptors (Lipinski definition) is 1. The van der Waals surface area contributed by atoms with Crippen molar-refractivity contribution in [1.82, 2.24) is 0 Å². The Labute approximate surface area is 74.7 Å². The molecular formula is C11H17N. The molecule has 12 heavy (non-hydrogen) atoms. The summed E-state index contributed by atoms with van der Waals surface area (Å²) in [6.45, 7) is 4.27. The van der Waals surface area contributed by atoms with E-state index in [9.17, 15) is 0 Å². The highest BCUT2D eigenvalue weighted by Gasteiger charge is 2.05. The van der Waals surface area contributed by atoms with Gasteiger partial charge in [-0.15, -0.1) is 0 Å². The van der Waals surface area contributed by atoms with E-state index >= 15 is 0 Å². The van der Waals surface area contributed by atoms with Crippen LogP contribution in [-0.4, -0.2) is 0 Å². The first-order valence-corrected chi connectivity index (χ1v) is 4.51. The number of nitrogens with two attached hydrogens (primary N) is 1. The van der Waals surface area contributed by atoms with Gasteiger partial charge in [0.2, 0.25) is 0 Å². The molecule has 0 radical (unpaired) electrons. The fraction of sp³-hybridized carbons (Fsp3) is 0.455. The summed E-state index contributed by atoms with van der Waals surface area (Å²) >= 11 is 0. The van der Waals surface area contributed by atoms with Gasteiger partial charge in [-0.1, -0.05) is 17.7 Å². The molecule has 1 heteroatoms. The third-order valence-electron chi connectivity index (χ3n) is 2.19. The second-order valence-electron chi connectivity index (χ2n) is 3.40. The first-order chi connectivity index (χ1) is 5.75. The van der Waals surface area contributed by atoms with Crippen LogP contribution in [-0.2, 0) is 0 Å². The molecule has 0 aromatic heterocycles. The zero-order chi connectivity index (χ0) is 8.97. The van der Waals surface area contributed by atoms with Crippen LogP contribution in [0.1, 0.15) is 33.1 Å². The van der Waals surface area contributed by atoms with Gasteiger partial charge in [0.15, 0.2) is 0 Å². The van der Waals surface area contributed by atoms with Crippen LogP contribution >= 0.6 is 0 Å². The van der Waals surface area contributed by atoms with Crippen LogP contribution in [0.15, 0.2) is 35.1 Å². The van der Waals surface area contributed by atoms with Crippen LogP contribution in [0.5, 0.6) is 0 Å². The molecule has 0 bridgehead atoms. The third-order valence-corrected chi connectivity index (χ3v) is 2.19. The molecular weight excluding hydrogens is 146 g/mol. The maximum absolute atomic E-state index is 5.57.